The smallest absolute Gasteiger partial charge is 0.317 e. The Bertz CT molecular complexity index is 831. The highest BCUT2D eigenvalue weighted by atomic mass is 32.2. The minimum absolute atomic E-state index is 0.391. The normalized spacial score (nSPS) is 11.4. The standard InChI is InChI=1S/C18H20F2N4S/c1-12-6-7-14(8-15(12)10-21)17-9-16(11-23(17)4)25-13(2)22-24(5)18(3,19)20/h6-9,11,22H,2H2,1,3-5H3. The maximum atomic E-state index is 13.2. The lowest BCUT2D eigenvalue weighted by molar-refractivity contribution is -0.135. The zero-order chi connectivity index (χ0) is 18.8. The molecule has 0 aliphatic rings. The molecule has 0 aliphatic heterocycles. The number of nitriles is 1. The summed E-state index contributed by atoms with van der Waals surface area (Å²) in [6, 6.07) is 6.85. The number of rotatable bonds is 6. The lowest BCUT2D eigenvalue weighted by Crippen LogP contribution is -2.44. The number of nitrogens with zero attached hydrogens (tertiary/aromatic N) is 3. The number of benzene rings is 1. The predicted molar refractivity (Wildman–Crippen MR) is 96.8 cm³/mol. The number of thioether (sulfide) groups is 1. The SMILES string of the molecule is C=C(NN(C)C(C)(F)F)Sc1cc(-c2ccc(C)c(C#N)c2)n(C)c1. The largest absolute Gasteiger partial charge is 0.349 e. The molecule has 1 N–H and O–H groups in total. The third-order valence-corrected chi connectivity index (χ3v) is 4.55. The first-order valence-electron chi connectivity index (χ1n) is 7.54. The van der Waals surface area contributed by atoms with Crippen LogP contribution in [0, 0.1) is 18.3 Å². The second kappa shape index (κ2) is 7.30. The molecule has 0 aliphatic carbocycles. The lowest BCUT2D eigenvalue weighted by Gasteiger charge is -2.25. The summed E-state index contributed by atoms with van der Waals surface area (Å²) in [4.78, 5) is 0.863. The zero-order valence-electron chi connectivity index (χ0n) is 14.6. The molecule has 0 radical (unpaired) electrons. The molecule has 4 nitrogen and oxygen atoms in total. The molecule has 0 bridgehead atoms. The molecule has 1 heterocycles. The van der Waals surface area contributed by atoms with Crippen molar-refractivity contribution in [1.29, 1.82) is 5.26 Å². The van der Waals surface area contributed by atoms with Gasteiger partial charge in [-0.3, -0.25) is 0 Å². The second-order valence-electron chi connectivity index (χ2n) is 5.85. The number of aromatic nitrogens is 1. The molecular weight excluding hydrogens is 342 g/mol. The molecular formula is C18H20F2N4S. The average molecular weight is 362 g/mol. The Morgan fingerprint density at radius 2 is 2.08 bits per heavy atom. The van der Waals surface area contributed by atoms with Crippen LogP contribution >= 0.6 is 11.8 Å². The molecule has 132 valence electrons. The average Bonchev–Trinajstić information content (AvgIpc) is 2.87. The molecule has 25 heavy (non-hydrogen) atoms. The summed E-state index contributed by atoms with van der Waals surface area (Å²) in [5.41, 5.74) is 5.97. The summed E-state index contributed by atoms with van der Waals surface area (Å²) in [5.74, 6) is 0. The third kappa shape index (κ3) is 4.62. The fourth-order valence-electron chi connectivity index (χ4n) is 2.23. The quantitative estimate of drug-likeness (QED) is 0.467. The monoisotopic (exact) mass is 362 g/mol. The van der Waals surface area contributed by atoms with Crippen LogP contribution in [0.25, 0.3) is 11.3 Å². The van der Waals surface area contributed by atoms with Gasteiger partial charge in [0, 0.05) is 37.8 Å². The van der Waals surface area contributed by atoms with Crippen LogP contribution in [0.3, 0.4) is 0 Å². The molecule has 1 aromatic heterocycles. The summed E-state index contributed by atoms with van der Waals surface area (Å²) in [7, 11) is 3.16. The third-order valence-electron chi connectivity index (χ3n) is 3.76. The minimum atomic E-state index is -2.99. The Labute approximate surface area is 150 Å². The summed E-state index contributed by atoms with van der Waals surface area (Å²) in [6.07, 6.45) is 1.89. The van der Waals surface area contributed by atoms with Gasteiger partial charge in [0.1, 0.15) is 0 Å². The van der Waals surface area contributed by atoms with Gasteiger partial charge in [0.05, 0.1) is 16.7 Å². The van der Waals surface area contributed by atoms with Gasteiger partial charge in [-0.2, -0.15) is 19.1 Å². The van der Waals surface area contributed by atoms with Crippen LogP contribution in [0.1, 0.15) is 18.1 Å². The van der Waals surface area contributed by atoms with Crippen molar-refractivity contribution in [3.63, 3.8) is 0 Å². The molecule has 0 unspecified atom stereocenters. The Balaban J connectivity index is 2.18. The van der Waals surface area contributed by atoms with E-state index in [1.807, 2.05) is 49.0 Å². The number of alkyl halides is 2. The fourth-order valence-corrected chi connectivity index (χ4v) is 3.08. The number of aryl methyl sites for hydroxylation is 2. The van der Waals surface area contributed by atoms with Gasteiger partial charge in [-0.05, 0) is 30.2 Å². The fraction of sp³-hybridized carbons (Fsp3) is 0.278. The predicted octanol–water partition coefficient (Wildman–Crippen LogP) is 4.48. The Morgan fingerprint density at radius 3 is 2.68 bits per heavy atom. The first-order chi connectivity index (χ1) is 11.6. The first kappa shape index (κ1) is 19.0. The van der Waals surface area contributed by atoms with E-state index in [2.05, 4.69) is 18.1 Å². The summed E-state index contributed by atoms with van der Waals surface area (Å²) in [6.45, 7) is 6.48. The van der Waals surface area contributed by atoms with Crippen LogP contribution in [-0.2, 0) is 7.05 Å². The van der Waals surface area contributed by atoms with Crippen molar-refractivity contribution in [3.8, 4) is 17.3 Å². The van der Waals surface area contributed by atoms with E-state index in [-0.39, 0.29) is 0 Å². The van der Waals surface area contributed by atoms with Crippen molar-refractivity contribution in [2.45, 2.75) is 24.8 Å². The van der Waals surface area contributed by atoms with Gasteiger partial charge in [0.2, 0.25) is 0 Å². The van der Waals surface area contributed by atoms with Crippen LogP contribution < -0.4 is 5.43 Å². The number of hydrogen-bond donors (Lipinski definition) is 1. The van der Waals surface area contributed by atoms with E-state index in [1.54, 1.807) is 0 Å². The molecule has 0 saturated carbocycles. The van der Waals surface area contributed by atoms with Crippen molar-refractivity contribution in [1.82, 2.24) is 15.0 Å². The summed E-state index contributed by atoms with van der Waals surface area (Å²) < 4.78 is 28.3. The van der Waals surface area contributed by atoms with E-state index >= 15 is 0 Å². The lowest BCUT2D eigenvalue weighted by atomic mass is 10.0. The van der Waals surface area contributed by atoms with Gasteiger partial charge in [-0.25, -0.2) is 0 Å². The Morgan fingerprint density at radius 1 is 1.40 bits per heavy atom. The Kier molecular flexibility index (Phi) is 5.55. The van der Waals surface area contributed by atoms with E-state index < -0.39 is 6.05 Å². The summed E-state index contributed by atoms with van der Waals surface area (Å²) in [5, 5.41) is 10.3. The molecule has 0 atom stereocenters. The van der Waals surface area contributed by atoms with Crippen molar-refractivity contribution in [2.75, 3.05) is 7.05 Å². The van der Waals surface area contributed by atoms with Gasteiger partial charge >= 0.3 is 6.05 Å². The topological polar surface area (TPSA) is 44.0 Å². The van der Waals surface area contributed by atoms with E-state index in [1.165, 1.54) is 18.8 Å². The molecule has 0 amide bonds. The molecule has 0 saturated heterocycles. The van der Waals surface area contributed by atoms with Gasteiger partial charge in [-0.1, -0.05) is 30.5 Å². The number of halogens is 2. The van der Waals surface area contributed by atoms with E-state index in [4.69, 9.17) is 0 Å². The van der Waals surface area contributed by atoms with Gasteiger partial charge in [0.15, 0.2) is 0 Å². The molecule has 0 spiro atoms. The minimum Gasteiger partial charge on any atom is -0.349 e. The van der Waals surface area contributed by atoms with Gasteiger partial charge in [0.25, 0.3) is 0 Å². The highest BCUT2D eigenvalue weighted by Gasteiger charge is 2.27. The molecule has 2 aromatic rings. The van der Waals surface area contributed by atoms with Crippen molar-refractivity contribution in [3.05, 3.63) is 53.2 Å². The van der Waals surface area contributed by atoms with Crippen LogP contribution in [0.15, 0.2) is 47.0 Å². The maximum absolute atomic E-state index is 13.2. The molecule has 7 heteroatoms. The van der Waals surface area contributed by atoms with Crippen LogP contribution in [0.2, 0.25) is 0 Å². The highest BCUT2D eigenvalue weighted by Crippen LogP contribution is 2.31. The number of hydrogen-bond acceptors (Lipinski definition) is 4. The van der Waals surface area contributed by atoms with Crippen LogP contribution in [-0.4, -0.2) is 22.7 Å². The van der Waals surface area contributed by atoms with Crippen LogP contribution in [0.4, 0.5) is 8.78 Å². The molecule has 2 rings (SSSR count). The van der Waals surface area contributed by atoms with Gasteiger partial charge in [-0.15, -0.1) is 0 Å². The number of nitrogens with one attached hydrogen (secondary N) is 1. The molecule has 0 fully saturated rings. The zero-order valence-corrected chi connectivity index (χ0v) is 15.4. The Hall–Kier alpha value is -2.30. The van der Waals surface area contributed by atoms with E-state index in [0.717, 1.165) is 28.6 Å². The van der Waals surface area contributed by atoms with Crippen molar-refractivity contribution in [2.24, 2.45) is 7.05 Å². The second-order valence-corrected chi connectivity index (χ2v) is 7.02. The highest BCUT2D eigenvalue weighted by molar-refractivity contribution is 8.03. The van der Waals surface area contributed by atoms with Crippen LogP contribution in [0.5, 0.6) is 0 Å². The maximum Gasteiger partial charge on any atom is 0.317 e. The van der Waals surface area contributed by atoms with Crippen molar-refractivity contribution < 1.29 is 8.78 Å². The van der Waals surface area contributed by atoms with Gasteiger partial charge < -0.3 is 9.99 Å². The molecule has 1 aromatic carbocycles. The van der Waals surface area contributed by atoms with E-state index in [9.17, 15) is 14.0 Å². The van der Waals surface area contributed by atoms with E-state index in [0.29, 0.717) is 15.6 Å². The first-order valence-corrected chi connectivity index (χ1v) is 8.36. The van der Waals surface area contributed by atoms with Crippen molar-refractivity contribution >= 4 is 11.8 Å². The summed E-state index contributed by atoms with van der Waals surface area (Å²) >= 11 is 1.26. The number of hydrazine groups is 1.